The van der Waals surface area contributed by atoms with Gasteiger partial charge in [-0.25, -0.2) is 14.6 Å². The van der Waals surface area contributed by atoms with E-state index in [1.165, 1.54) is 53.1 Å². The number of aromatic nitrogens is 3. The Balaban J connectivity index is 1.34. The predicted molar refractivity (Wildman–Crippen MR) is 158 cm³/mol. The number of fused-ring (bicyclic) bond motifs is 2. The van der Waals surface area contributed by atoms with E-state index in [-0.39, 0.29) is 28.2 Å². The average Bonchev–Trinajstić information content (AvgIpc) is 3.53. The Hall–Kier alpha value is -5.01. The summed E-state index contributed by atoms with van der Waals surface area (Å²) >= 11 is 3.02. The van der Waals surface area contributed by atoms with Crippen molar-refractivity contribution in [2.75, 3.05) is 26.4 Å². The molecule has 0 fully saturated rings. The third kappa shape index (κ3) is 5.02. The summed E-state index contributed by atoms with van der Waals surface area (Å²) in [6, 6.07) is 9.14. The molecule has 0 unspecified atom stereocenters. The monoisotopic (exact) mass is 615 g/mol. The van der Waals surface area contributed by atoms with E-state index >= 15 is 0 Å². The third-order valence-electron chi connectivity index (χ3n) is 6.74. The van der Waals surface area contributed by atoms with Crippen LogP contribution >= 0.6 is 22.7 Å². The number of aromatic carboxylic acids is 2. The maximum absolute atomic E-state index is 12.0. The Bertz CT molecular complexity index is 1900. The van der Waals surface area contributed by atoms with E-state index in [9.17, 15) is 19.8 Å². The van der Waals surface area contributed by atoms with E-state index in [0.29, 0.717) is 55.1 Å². The fourth-order valence-electron chi connectivity index (χ4n) is 4.76. The van der Waals surface area contributed by atoms with Gasteiger partial charge in [-0.2, -0.15) is 0 Å². The zero-order chi connectivity index (χ0) is 29.5. The Morgan fingerprint density at radius 1 is 0.674 bits per heavy atom. The first kappa shape index (κ1) is 26.9. The number of carbonyl (C=O) groups is 2. The van der Waals surface area contributed by atoms with Gasteiger partial charge in [0.25, 0.3) is 0 Å². The summed E-state index contributed by atoms with van der Waals surface area (Å²) in [6.45, 7) is 1.96. The van der Waals surface area contributed by atoms with Gasteiger partial charge in [-0.3, -0.25) is 9.97 Å². The van der Waals surface area contributed by atoms with E-state index in [2.05, 4.69) is 15.0 Å². The summed E-state index contributed by atoms with van der Waals surface area (Å²) in [5.74, 6) is 0.371. The van der Waals surface area contributed by atoms with Crippen LogP contribution in [-0.2, 0) is 0 Å². The maximum atomic E-state index is 12.0. The molecule has 0 bridgehead atoms. The summed E-state index contributed by atoms with van der Waals surface area (Å²) in [5, 5.41) is 21.2. The molecule has 2 aliphatic heterocycles. The molecule has 5 aromatic rings. The smallest absolute Gasteiger partial charge is 0.335 e. The summed E-state index contributed by atoms with van der Waals surface area (Å²) in [4.78, 5) is 39.5. The summed E-state index contributed by atoms with van der Waals surface area (Å²) < 4.78 is 24.1. The van der Waals surface area contributed by atoms with Gasteiger partial charge < -0.3 is 29.2 Å². The Kier molecular flexibility index (Phi) is 6.87. The number of carboxylic acid groups (broad SMARTS) is 2. The van der Waals surface area contributed by atoms with Gasteiger partial charge in [0.15, 0.2) is 23.0 Å². The summed E-state index contributed by atoms with van der Waals surface area (Å²) in [5.41, 5.74) is 1.89. The molecule has 0 aliphatic carbocycles. The molecular weight excluding hydrogens is 594 g/mol. The first-order valence-corrected chi connectivity index (χ1v) is 14.9. The van der Waals surface area contributed by atoms with E-state index < -0.39 is 11.9 Å². The van der Waals surface area contributed by atoms with Crippen molar-refractivity contribution < 1.29 is 38.7 Å². The van der Waals surface area contributed by atoms with E-state index in [4.69, 9.17) is 18.9 Å². The van der Waals surface area contributed by atoms with Gasteiger partial charge in [-0.05, 0) is 42.0 Å². The number of ether oxygens (including phenoxy) is 4. The highest BCUT2D eigenvalue weighted by atomic mass is 32.1. The van der Waals surface area contributed by atoms with Gasteiger partial charge in [0.2, 0.25) is 0 Å². The minimum atomic E-state index is -1.17. The van der Waals surface area contributed by atoms with Crippen LogP contribution < -0.4 is 18.9 Å². The number of hydrogen-bond acceptors (Lipinski definition) is 11. The normalized spacial score (nSPS) is 13.8. The van der Waals surface area contributed by atoms with Crippen LogP contribution in [0.2, 0.25) is 0 Å². The lowest BCUT2D eigenvalue weighted by Crippen LogP contribution is -2.14. The minimum Gasteiger partial charge on any atom is -0.488 e. The summed E-state index contributed by atoms with van der Waals surface area (Å²) in [7, 11) is 0. The topological polar surface area (TPSA) is 150 Å². The SMILES string of the molecule is O=C(O)c1ccnc(-c2cc(C(=O)O)cc(-c3cc(-c4sc(-c5scc6c5OCCO6)c5c4OCCCO5)ccn3)n2)c1. The van der Waals surface area contributed by atoms with Gasteiger partial charge in [0.1, 0.15) is 13.2 Å². The molecule has 0 atom stereocenters. The van der Waals surface area contributed by atoms with Crippen molar-refractivity contribution in [2.45, 2.75) is 6.42 Å². The van der Waals surface area contributed by atoms with Crippen molar-refractivity contribution in [1.82, 2.24) is 15.0 Å². The molecule has 7 heterocycles. The van der Waals surface area contributed by atoms with Gasteiger partial charge >= 0.3 is 11.9 Å². The van der Waals surface area contributed by atoms with Crippen LogP contribution in [0.1, 0.15) is 27.1 Å². The van der Waals surface area contributed by atoms with Crippen molar-refractivity contribution in [1.29, 1.82) is 0 Å². The molecule has 2 aliphatic rings. The van der Waals surface area contributed by atoms with Crippen molar-refractivity contribution in [3.05, 3.63) is 65.3 Å². The average molecular weight is 616 g/mol. The second-order valence-electron chi connectivity index (χ2n) is 9.52. The molecular formula is C30H21N3O8S2. The van der Waals surface area contributed by atoms with Crippen molar-refractivity contribution in [2.24, 2.45) is 0 Å². The van der Waals surface area contributed by atoms with Crippen molar-refractivity contribution in [3.8, 4) is 66.0 Å². The van der Waals surface area contributed by atoms with Gasteiger partial charge in [0.05, 0.1) is 61.7 Å². The van der Waals surface area contributed by atoms with Crippen LogP contribution in [0.15, 0.2) is 54.2 Å². The Labute approximate surface area is 252 Å². The van der Waals surface area contributed by atoms with Gasteiger partial charge in [0, 0.05) is 24.2 Å². The van der Waals surface area contributed by atoms with Crippen LogP contribution in [0.5, 0.6) is 23.0 Å². The molecule has 13 heteroatoms. The van der Waals surface area contributed by atoms with E-state index in [0.717, 1.165) is 26.6 Å². The van der Waals surface area contributed by atoms with Crippen LogP contribution in [-0.4, -0.2) is 63.5 Å². The first-order chi connectivity index (χ1) is 21.0. The molecule has 0 amide bonds. The van der Waals surface area contributed by atoms with E-state index in [1.807, 2.05) is 17.5 Å². The number of pyridine rings is 3. The lowest BCUT2D eigenvalue weighted by atomic mass is 10.1. The zero-order valence-electron chi connectivity index (χ0n) is 22.2. The molecule has 0 saturated carbocycles. The third-order valence-corrected chi connectivity index (χ3v) is 9.04. The lowest BCUT2D eigenvalue weighted by molar-refractivity contribution is 0.0686. The molecule has 0 radical (unpaired) electrons. The first-order valence-electron chi connectivity index (χ1n) is 13.2. The second kappa shape index (κ2) is 11.0. The van der Waals surface area contributed by atoms with E-state index in [1.54, 1.807) is 6.20 Å². The van der Waals surface area contributed by atoms with Crippen LogP contribution in [0, 0.1) is 0 Å². The molecule has 11 nitrogen and oxygen atoms in total. The summed E-state index contributed by atoms with van der Waals surface area (Å²) in [6.07, 6.45) is 3.69. The second-order valence-corrected chi connectivity index (χ2v) is 11.4. The number of hydrogen-bond donors (Lipinski definition) is 2. The fraction of sp³-hybridized carbons (Fsp3) is 0.167. The molecule has 216 valence electrons. The Morgan fingerprint density at radius 3 is 2.05 bits per heavy atom. The molecule has 2 N–H and O–H groups in total. The molecule has 5 aromatic heterocycles. The highest BCUT2D eigenvalue weighted by Gasteiger charge is 2.30. The van der Waals surface area contributed by atoms with Gasteiger partial charge in [-0.1, -0.05) is 0 Å². The standard InChI is InChI=1S/C30H21N3O8S2/c34-29(35)16-3-5-32-19(11-16)21-13-17(30(36)37)12-20(33-21)18-10-15(2-4-31-18)26-24-25(40-7-1-6-39-24)28(43-26)27-23-22(14-42-27)38-8-9-41-23/h2-5,10-14H,1,6-9H2,(H,34,35)(H,36,37). The quantitative estimate of drug-likeness (QED) is 0.232. The highest BCUT2D eigenvalue weighted by Crippen LogP contribution is 2.58. The van der Waals surface area contributed by atoms with Crippen molar-refractivity contribution in [3.63, 3.8) is 0 Å². The number of nitrogens with zero attached hydrogens (tertiary/aromatic N) is 3. The Morgan fingerprint density at radius 2 is 1.30 bits per heavy atom. The van der Waals surface area contributed by atoms with Crippen molar-refractivity contribution >= 4 is 34.6 Å². The minimum absolute atomic E-state index is 0.00887. The number of rotatable bonds is 6. The van der Waals surface area contributed by atoms with Crippen LogP contribution in [0.3, 0.4) is 0 Å². The highest BCUT2D eigenvalue weighted by molar-refractivity contribution is 7.24. The zero-order valence-corrected chi connectivity index (χ0v) is 23.9. The molecule has 0 spiro atoms. The maximum Gasteiger partial charge on any atom is 0.335 e. The van der Waals surface area contributed by atoms with Gasteiger partial charge in [-0.15, -0.1) is 22.7 Å². The lowest BCUT2D eigenvalue weighted by Gasteiger charge is -2.16. The number of carboxylic acids is 2. The molecule has 0 aromatic carbocycles. The number of thiophene rings is 2. The van der Waals surface area contributed by atoms with Crippen LogP contribution in [0.25, 0.3) is 43.0 Å². The molecule has 43 heavy (non-hydrogen) atoms. The van der Waals surface area contributed by atoms with Crippen LogP contribution in [0.4, 0.5) is 0 Å². The molecule has 7 rings (SSSR count). The molecule has 0 saturated heterocycles. The predicted octanol–water partition coefficient (Wildman–Crippen LogP) is 5.99. The fourth-order valence-corrected chi connectivity index (χ4v) is 7.02. The largest absolute Gasteiger partial charge is 0.488 e.